The highest BCUT2D eigenvalue weighted by Crippen LogP contribution is 2.27. The first-order valence-corrected chi connectivity index (χ1v) is 8.25. The molecule has 1 amide bonds. The third kappa shape index (κ3) is 5.17. The van der Waals surface area contributed by atoms with Crippen molar-refractivity contribution in [1.29, 1.82) is 0 Å². The molecule has 0 saturated carbocycles. The second-order valence-corrected chi connectivity index (χ2v) is 6.27. The van der Waals surface area contributed by atoms with E-state index in [0.717, 1.165) is 12.2 Å². The molecule has 2 rings (SSSR count). The number of carbonyl (C=O) groups is 1. The van der Waals surface area contributed by atoms with Crippen molar-refractivity contribution in [3.05, 3.63) is 53.1 Å². The van der Waals surface area contributed by atoms with Gasteiger partial charge in [0.25, 0.3) is 5.91 Å². The zero-order chi connectivity index (χ0) is 17.5. The molecule has 24 heavy (non-hydrogen) atoms. The van der Waals surface area contributed by atoms with E-state index >= 15 is 0 Å². The summed E-state index contributed by atoms with van der Waals surface area (Å²) in [7, 11) is 1.55. The smallest absolute Gasteiger partial charge is 0.255 e. The number of ether oxygens (including phenoxy) is 2. The van der Waals surface area contributed by atoms with Crippen molar-refractivity contribution in [3.63, 3.8) is 0 Å². The highest BCUT2D eigenvalue weighted by atomic mass is 35.5. The lowest BCUT2D eigenvalue weighted by Gasteiger charge is -2.10. The fourth-order valence-corrected chi connectivity index (χ4v) is 2.32. The van der Waals surface area contributed by atoms with Crippen LogP contribution in [0, 0.1) is 5.92 Å². The van der Waals surface area contributed by atoms with Crippen molar-refractivity contribution in [2.24, 2.45) is 5.92 Å². The van der Waals surface area contributed by atoms with Gasteiger partial charge in [-0.2, -0.15) is 0 Å². The lowest BCUT2D eigenvalue weighted by atomic mass is 10.1. The number of anilines is 1. The van der Waals surface area contributed by atoms with E-state index in [0.29, 0.717) is 34.5 Å². The van der Waals surface area contributed by atoms with Crippen LogP contribution >= 0.6 is 11.6 Å². The molecule has 0 saturated heterocycles. The predicted molar refractivity (Wildman–Crippen MR) is 97.3 cm³/mol. The number of hydrogen-bond acceptors (Lipinski definition) is 3. The highest BCUT2D eigenvalue weighted by molar-refractivity contribution is 6.32. The minimum atomic E-state index is -0.204. The molecular formula is C19H22ClNO3. The SMILES string of the molecule is COc1ccc(NC(=O)c2ccc(OCCC(C)C)cc2)cc1Cl. The van der Waals surface area contributed by atoms with E-state index < -0.39 is 0 Å². The molecule has 0 aliphatic rings. The Balaban J connectivity index is 1.96. The van der Waals surface area contributed by atoms with Gasteiger partial charge in [0.05, 0.1) is 18.7 Å². The fraction of sp³-hybridized carbons (Fsp3) is 0.316. The maximum Gasteiger partial charge on any atom is 0.255 e. The summed E-state index contributed by atoms with van der Waals surface area (Å²) < 4.78 is 10.7. The van der Waals surface area contributed by atoms with Crippen LogP contribution in [0.4, 0.5) is 5.69 Å². The molecule has 0 aliphatic heterocycles. The summed E-state index contributed by atoms with van der Waals surface area (Å²) in [5, 5.41) is 3.26. The molecule has 0 unspecified atom stereocenters. The Morgan fingerprint density at radius 2 is 1.88 bits per heavy atom. The third-order valence-corrected chi connectivity index (χ3v) is 3.79. The minimum Gasteiger partial charge on any atom is -0.495 e. The highest BCUT2D eigenvalue weighted by Gasteiger charge is 2.08. The molecule has 128 valence electrons. The van der Waals surface area contributed by atoms with Crippen molar-refractivity contribution in [2.45, 2.75) is 20.3 Å². The van der Waals surface area contributed by atoms with Crippen molar-refractivity contribution in [1.82, 2.24) is 0 Å². The second kappa shape index (κ2) is 8.60. The van der Waals surface area contributed by atoms with E-state index in [-0.39, 0.29) is 5.91 Å². The molecule has 5 heteroatoms. The van der Waals surface area contributed by atoms with Gasteiger partial charge in [0.1, 0.15) is 11.5 Å². The van der Waals surface area contributed by atoms with Gasteiger partial charge in [-0.25, -0.2) is 0 Å². The van der Waals surface area contributed by atoms with E-state index in [9.17, 15) is 4.79 Å². The normalized spacial score (nSPS) is 10.5. The molecule has 0 aromatic heterocycles. The van der Waals surface area contributed by atoms with Crippen molar-refractivity contribution in [2.75, 3.05) is 19.0 Å². The van der Waals surface area contributed by atoms with Gasteiger partial charge in [-0.1, -0.05) is 25.4 Å². The summed E-state index contributed by atoms with van der Waals surface area (Å²) >= 11 is 6.06. The summed E-state index contributed by atoms with van der Waals surface area (Å²) in [6.07, 6.45) is 1.00. The number of halogens is 1. The molecule has 2 aromatic carbocycles. The van der Waals surface area contributed by atoms with Crippen molar-refractivity contribution >= 4 is 23.2 Å². The van der Waals surface area contributed by atoms with E-state index in [4.69, 9.17) is 21.1 Å². The van der Waals surface area contributed by atoms with Gasteiger partial charge in [-0.15, -0.1) is 0 Å². The third-order valence-electron chi connectivity index (χ3n) is 3.49. The van der Waals surface area contributed by atoms with Gasteiger partial charge in [-0.05, 0) is 54.8 Å². The molecule has 0 aliphatic carbocycles. The number of methoxy groups -OCH3 is 1. The van der Waals surface area contributed by atoms with E-state index in [1.54, 1.807) is 49.6 Å². The summed E-state index contributed by atoms with van der Waals surface area (Å²) in [6, 6.07) is 12.2. The molecule has 0 atom stereocenters. The Morgan fingerprint density at radius 1 is 1.17 bits per heavy atom. The van der Waals surface area contributed by atoms with Crippen LogP contribution in [0.15, 0.2) is 42.5 Å². The fourth-order valence-electron chi connectivity index (χ4n) is 2.06. The Bertz CT molecular complexity index is 684. The maximum atomic E-state index is 12.3. The quantitative estimate of drug-likeness (QED) is 0.764. The van der Waals surface area contributed by atoms with Gasteiger partial charge >= 0.3 is 0 Å². The van der Waals surface area contributed by atoms with E-state index in [1.165, 1.54) is 0 Å². The van der Waals surface area contributed by atoms with Crippen LogP contribution < -0.4 is 14.8 Å². The lowest BCUT2D eigenvalue weighted by molar-refractivity contribution is 0.102. The average molecular weight is 348 g/mol. The number of nitrogens with one attached hydrogen (secondary N) is 1. The van der Waals surface area contributed by atoms with Gasteiger partial charge in [0, 0.05) is 11.3 Å². The standard InChI is InChI=1S/C19H22ClNO3/c1-13(2)10-11-24-16-7-4-14(5-8-16)19(22)21-15-6-9-18(23-3)17(20)12-15/h4-9,12-13H,10-11H2,1-3H3,(H,21,22). The molecule has 0 heterocycles. The largest absolute Gasteiger partial charge is 0.495 e. The molecule has 1 N–H and O–H groups in total. The Labute approximate surface area is 147 Å². The van der Waals surface area contributed by atoms with Crippen LogP contribution in [0.3, 0.4) is 0 Å². The van der Waals surface area contributed by atoms with Crippen molar-refractivity contribution in [3.8, 4) is 11.5 Å². The molecule has 0 fully saturated rings. The van der Waals surface area contributed by atoms with Gasteiger partial charge < -0.3 is 14.8 Å². The maximum absolute atomic E-state index is 12.3. The zero-order valence-corrected chi connectivity index (χ0v) is 14.9. The van der Waals surface area contributed by atoms with Crippen LogP contribution in [-0.4, -0.2) is 19.6 Å². The second-order valence-electron chi connectivity index (χ2n) is 5.86. The summed E-state index contributed by atoms with van der Waals surface area (Å²) in [5.74, 6) is 1.73. The number of rotatable bonds is 7. The van der Waals surface area contributed by atoms with Crippen LogP contribution in [0.2, 0.25) is 5.02 Å². The molecule has 0 spiro atoms. The zero-order valence-electron chi connectivity index (χ0n) is 14.1. The van der Waals surface area contributed by atoms with Crippen LogP contribution in [0.1, 0.15) is 30.6 Å². The van der Waals surface area contributed by atoms with Crippen molar-refractivity contribution < 1.29 is 14.3 Å². The number of hydrogen-bond donors (Lipinski definition) is 1. The predicted octanol–water partition coefficient (Wildman–Crippen LogP) is 5.03. The first-order valence-electron chi connectivity index (χ1n) is 7.87. The topological polar surface area (TPSA) is 47.6 Å². The molecule has 2 aromatic rings. The van der Waals surface area contributed by atoms with Crippen LogP contribution in [0.25, 0.3) is 0 Å². The van der Waals surface area contributed by atoms with Crippen LogP contribution in [0.5, 0.6) is 11.5 Å². The van der Waals surface area contributed by atoms with Crippen LogP contribution in [-0.2, 0) is 0 Å². The summed E-state index contributed by atoms with van der Waals surface area (Å²) in [6.45, 7) is 4.98. The molecule has 0 bridgehead atoms. The first-order chi connectivity index (χ1) is 11.5. The molecule has 4 nitrogen and oxygen atoms in total. The van der Waals surface area contributed by atoms with E-state index in [2.05, 4.69) is 19.2 Å². The van der Waals surface area contributed by atoms with Gasteiger partial charge in [-0.3, -0.25) is 4.79 Å². The molecular weight excluding hydrogens is 326 g/mol. The minimum absolute atomic E-state index is 0.204. The number of benzene rings is 2. The van der Waals surface area contributed by atoms with E-state index in [1.807, 2.05) is 0 Å². The van der Waals surface area contributed by atoms with Gasteiger partial charge in [0.15, 0.2) is 0 Å². The number of amides is 1. The number of carbonyl (C=O) groups excluding carboxylic acids is 1. The Morgan fingerprint density at radius 3 is 2.46 bits per heavy atom. The summed E-state index contributed by atoms with van der Waals surface area (Å²) in [4.78, 5) is 12.3. The Kier molecular flexibility index (Phi) is 6.50. The average Bonchev–Trinajstić information content (AvgIpc) is 2.55. The monoisotopic (exact) mass is 347 g/mol. The summed E-state index contributed by atoms with van der Waals surface area (Å²) in [5.41, 5.74) is 1.17. The molecule has 0 radical (unpaired) electrons. The Hall–Kier alpha value is -2.20. The van der Waals surface area contributed by atoms with Gasteiger partial charge in [0.2, 0.25) is 0 Å². The first kappa shape index (κ1) is 18.1. The lowest BCUT2D eigenvalue weighted by Crippen LogP contribution is -2.11.